The van der Waals surface area contributed by atoms with Gasteiger partial charge in [0.25, 0.3) is 0 Å². The molecule has 0 amide bonds. The molecule has 98 valence electrons. The van der Waals surface area contributed by atoms with Crippen LogP contribution in [0.2, 0.25) is 0 Å². The number of hydrogen-bond donors (Lipinski definition) is 0. The van der Waals surface area contributed by atoms with E-state index in [0.717, 1.165) is 5.56 Å². The van der Waals surface area contributed by atoms with Crippen molar-refractivity contribution in [1.82, 2.24) is 0 Å². The summed E-state index contributed by atoms with van der Waals surface area (Å²) in [7, 11) is 0. The zero-order valence-corrected chi connectivity index (χ0v) is 11.8. The van der Waals surface area contributed by atoms with Gasteiger partial charge in [-0.1, -0.05) is 56.9 Å². The third-order valence-corrected chi connectivity index (χ3v) is 2.58. The van der Waals surface area contributed by atoms with Crippen LogP contribution in [0.1, 0.15) is 26.3 Å². The lowest BCUT2D eigenvalue weighted by Gasteiger charge is -2.08. The van der Waals surface area contributed by atoms with Gasteiger partial charge in [0.15, 0.2) is 0 Å². The molecule has 0 unspecified atom stereocenters. The van der Waals surface area contributed by atoms with Crippen LogP contribution in [0.5, 0.6) is 0 Å². The van der Waals surface area contributed by atoms with E-state index in [4.69, 9.17) is 0 Å². The molecule has 0 bridgehead atoms. The van der Waals surface area contributed by atoms with Crippen LogP contribution in [0.25, 0.3) is 0 Å². The van der Waals surface area contributed by atoms with Crippen LogP contribution in [0.3, 0.4) is 0 Å². The van der Waals surface area contributed by atoms with Crippen LogP contribution in [-0.4, -0.2) is 0 Å². The minimum Gasteiger partial charge on any atom is -0.207 e. The van der Waals surface area contributed by atoms with E-state index in [1.165, 1.54) is 23.3 Å². The van der Waals surface area contributed by atoms with E-state index >= 15 is 0 Å². The second kappa shape index (κ2) is 8.46. The van der Waals surface area contributed by atoms with Crippen molar-refractivity contribution in [2.75, 3.05) is 0 Å². The Morgan fingerprint density at radius 1 is 1.22 bits per heavy atom. The van der Waals surface area contributed by atoms with Gasteiger partial charge in [0.2, 0.25) is 0 Å². The molecule has 1 rings (SSSR count). The molecule has 0 aliphatic heterocycles. The van der Waals surface area contributed by atoms with Crippen LogP contribution < -0.4 is 0 Å². The third kappa shape index (κ3) is 6.85. The van der Waals surface area contributed by atoms with Crippen molar-refractivity contribution in [1.29, 1.82) is 0 Å². The minimum absolute atomic E-state index is 0.171. The van der Waals surface area contributed by atoms with Gasteiger partial charge >= 0.3 is 0 Å². The van der Waals surface area contributed by atoms with Gasteiger partial charge < -0.3 is 0 Å². The van der Waals surface area contributed by atoms with Gasteiger partial charge in [0.05, 0.1) is 0 Å². The van der Waals surface area contributed by atoms with Crippen molar-refractivity contribution < 1.29 is 4.39 Å². The number of hydrogen-bond acceptors (Lipinski definition) is 0. The molecule has 0 spiro atoms. The third-order valence-electron chi connectivity index (χ3n) is 2.58. The summed E-state index contributed by atoms with van der Waals surface area (Å²) in [5.41, 5.74) is 3.51. The Hall–Kier alpha value is -1.63. The van der Waals surface area contributed by atoms with Gasteiger partial charge in [0.1, 0.15) is 5.82 Å². The summed E-state index contributed by atoms with van der Waals surface area (Å²) >= 11 is 0. The van der Waals surface area contributed by atoms with Crippen molar-refractivity contribution in [3.05, 3.63) is 72.1 Å². The molecule has 0 saturated carbocycles. The standard InChI is InChI=1S/C10H16.C7H7F/c1-6-7-9(4)10(5)8(2)3;1-6-2-4-7(8)5-3-6/h6-8H,1,5H2,2-4H3;2-5H,1H3/b9-7-;. The first-order chi connectivity index (χ1) is 8.38. The van der Waals surface area contributed by atoms with Crippen LogP contribution in [0, 0.1) is 18.7 Å². The molecule has 0 atom stereocenters. The molecule has 1 heteroatoms. The Morgan fingerprint density at radius 3 is 2.06 bits per heavy atom. The van der Waals surface area contributed by atoms with Crippen LogP contribution in [0.4, 0.5) is 4.39 Å². The molecular formula is C17H23F. The lowest BCUT2D eigenvalue weighted by atomic mass is 9.98. The summed E-state index contributed by atoms with van der Waals surface area (Å²) in [4.78, 5) is 0. The second-order valence-corrected chi connectivity index (χ2v) is 4.56. The van der Waals surface area contributed by atoms with Crippen LogP contribution in [0.15, 0.2) is 60.7 Å². The summed E-state index contributed by atoms with van der Waals surface area (Å²) in [5.74, 6) is 0.367. The van der Waals surface area contributed by atoms with E-state index in [-0.39, 0.29) is 5.82 Å². The van der Waals surface area contributed by atoms with Crippen molar-refractivity contribution in [2.24, 2.45) is 5.92 Å². The molecule has 0 aliphatic rings. The lowest BCUT2D eigenvalue weighted by Crippen LogP contribution is -1.92. The fourth-order valence-corrected chi connectivity index (χ4v) is 1.27. The van der Waals surface area contributed by atoms with Crippen molar-refractivity contribution >= 4 is 0 Å². The Balaban J connectivity index is 0.000000327. The largest absolute Gasteiger partial charge is 0.207 e. The normalized spacial score (nSPS) is 10.7. The SMILES string of the molecule is C=C/C=C(/C)C(=C)C(C)C.Cc1ccc(F)cc1. The maximum atomic E-state index is 12.1. The monoisotopic (exact) mass is 246 g/mol. The van der Waals surface area contributed by atoms with E-state index in [1.807, 2.05) is 13.0 Å². The predicted molar refractivity (Wildman–Crippen MR) is 79.1 cm³/mol. The van der Waals surface area contributed by atoms with E-state index < -0.39 is 0 Å². The van der Waals surface area contributed by atoms with Crippen LogP contribution in [-0.2, 0) is 0 Å². The number of rotatable bonds is 3. The summed E-state index contributed by atoms with van der Waals surface area (Å²) in [6.07, 6.45) is 3.78. The first-order valence-electron chi connectivity index (χ1n) is 6.09. The Kier molecular flexibility index (Phi) is 7.69. The molecule has 0 saturated heterocycles. The maximum absolute atomic E-state index is 12.1. The number of halogens is 1. The molecule has 0 aromatic heterocycles. The molecule has 1 aromatic carbocycles. The molecule has 1 aromatic rings. The van der Waals surface area contributed by atoms with E-state index in [1.54, 1.807) is 18.2 Å². The molecule has 0 radical (unpaired) electrons. The van der Waals surface area contributed by atoms with Gasteiger partial charge in [-0.3, -0.25) is 0 Å². The molecule has 0 nitrogen and oxygen atoms in total. The van der Waals surface area contributed by atoms with E-state index in [0.29, 0.717) is 5.92 Å². The lowest BCUT2D eigenvalue weighted by molar-refractivity contribution is 0.627. The van der Waals surface area contributed by atoms with Gasteiger partial charge in [-0.2, -0.15) is 0 Å². The van der Waals surface area contributed by atoms with E-state index in [9.17, 15) is 4.39 Å². The van der Waals surface area contributed by atoms with Gasteiger partial charge in [-0.05, 0) is 43.0 Å². The average molecular weight is 246 g/mol. The highest BCUT2D eigenvalue weighted by Gasteiger charge is 1.99. The topological polar surface area (TPSA) is 0 Å². The van der Waals surface area contributed by atoms with Crippen molar-refractivity contribution in [3.63, 3.8) is 0 Å². The molecule has 0 fully saturated rings. The van der Waals surface area contributed by atoms with Crippen molar-refractivity contribution in [3.8, 4) is 0 Å². The van der Waals surface area contributed by atoms with Gasteiger partial charge in [-0.25, -0.2) is 4.39 Å². The van der Waals surface area contributed by atoms with Crippen LogP contribution >= 0.6 is 0 Å². The number of benzene rings is 1. The first-order valence-corrected chi connectivity index (χ1v) is 6.09. The number of allylic oxidation sites excluding steroid dienone is 4. The summed E-state index contributed by atoms with van der Waals surface area (Å²) in [6, 6.07) is 6.40. The zero-order valence-electron chi connectivity index (χ0n) is 11.8. The van der Waals surface area contributed by atoms with Crippen molar-refractivity contribution in [2.45, 2.75) is 27.7 Å². The zero-order chi connectivity index (χ0) is 14.1. The quantitative estimate of drug-likeness (QED) is 0.621. The summed E-state index contributed by atoms with van der Waals surface area (Å²) < 4.78 is 12.1. The Morgan fingerprint density at radius 2 is 1.72 bits per heavy atom. The Bertz CT molecular complexity index is 387. The first kappa shape index (κ1) is 16.4. The maximum Gasteiger partial charge on any atom is 0.123 e. The predicted octanol–water partition coefficient (Wildman–Crippen LogP) is 5.47. The fraction of sp³-hybridized carbons (Fsp3) is 0.294. The Labute approximate surface area is 111 Å². The molecular weight excluding hydrogens is 223 g/mol. The fourth-order valence-electron chi connectivity index (χ4n) is 1.27. The van der Waals surface area contributed by atoms with Gasteiger partial charge in [-0.15, -0.1) is 0 Å². The smallest absolute Gasteiger partial charge is 0.123 e. The minimum atomic E-state index is -0.171. The van der Waals surface area contributed by atoms with E-state index in [2.05, 4.69) is 33.9 Å². The summed E-state index contributed by atoms with van der Waals surface area (Å²) in [5, 5.41) is 0. The number of aryl methyl sites for hydroxylation is 1. The second-order valence-electron chi connectivity index (χ2n) is 4.56. The van der Waals surface area contributed by atoms with Gasteiger partial charge in [0, 0.05) is 0 Å². The highest BCUT2D eigenvalue weighted by molar-refractivity contribution is 5.30. The molecule has 18 heavy (non-hydrogen) atoms. The molecule has 0 heterocycles. The molecule has 0 aliphatic carbocycles. The average Bonchev–Trinajstić information content (AvgIpc) is 2.33. The highest BCUT2D eigenvalue weighted by atomic mass is 19.1. The summed E-state index contributed by atoms with van der Waals surface area (Å²) in [6.45, 7) is 15.9. The molecule has 0 N–H and O–H groups in total. The highest BCUT2D eigenvalue weighted by Crippen LogP contribution is 2.15.